The molecule has 1 fully saturated rings. The zero-order valence-corrected chi connectivity index (χ0v) is 19.6. The molecule has 3 aromatic rings. The molecular weight excluding hydrogens is 449 g/mol. The minimum absolute atomic E-state index is 0.0253. The molecule has 0 aliphatic heterocycles. The van der Waals surface area contributed by atoms with Crippen molar-refractivity contribution in [3.8, 4) is 16.2 Å². The first-order chi connectivity index (χ1) is 15.9. The van der Waals surface area contributed by atoms with Gasteiger partial charge >= 0.3 is 5.97 Å². The first kappa shape index (κ1) is 23.6. The van der Waals surface area contributed by atoms with Crippen molar-refractivity contribution in [2.24, 2.45) is 5.92 Å². The number of carbonyl (C=O) groups is 1. The van der Waals surface area contributed by atoms with Gasteiger partial charge in [-0.15, -0.1) is 11.3 Å². The van der Waals surface area contributed by atoms with Crippen LogP contribution in [0.2, 0.25) is 0 Å². The lowest BCUT2D eigenvalue weighted by atomic mass is 9.85. The molecule has 0 unspecified atom stereocenters. The summed E-state index contributed by atoms with van der Waals surface area (Å²) >= 11 is 1.01. The fourth-order valence-electron chi connectivity index (χ4n) is 4.51. The van der Waals surface area contributed by atoms with Gasteiger partial charge in [0.25, 0.3) is 0 Å². The predicted molar refractivity (Wildman–Crippen MR) is 124 cm³/mol. The summed E-state index contributed by atoms with van der Waals surface area (Å²) in [6.45, 7) is 4.23. The Balaban J connectivity index is 1.54. The summed E-state index contributed by atoms with van der Waals surface area (Å²) in [4.78, 5) is 12.9. The van der Waals surface area contributed by atoms with E-state index in [0.29, 0.717) is 27.5 Å². The molecule has 33 heavy (non-hydrogen) atoms. The lowest BCUT2D eigenvalue weighted by Crippen LogP contribution is -2.25. The molecule has 3 nitrogen and oxygen atoms in total. The van der Waals surface area contributed by atoms with Crippen LogP contribution in [0.25, 0.3) is 20.5 Å². The van der Waals surface area contributed by atoms with Crippen LogP contribution in [0.15, 0.2) is 30.3 Å². The van der Waals surface area contributed by atoms with Gasteiger partial charge in [0, 0.05) is 10.4 Å². The standard InChI is InChI=1S/C26H27F3O3S/c1-3-5-15-6-9-17(10-7-15)32-26(30)19-12-11-18(22(27)23(19)28)21-14-16-8-13-20(31-4-2)24(29)25(16)33-21/h8,11-15,17H,3-7,9-10H2,1-2H3. The van der Waals surface area contributed by atoms with Crippen molar-refractivity contribution in [2.45, 2.75) is 58.5 Å². The quantitative estimate of drug-likeness (QED) is 0.325. The summed E-state index contributed by atoms with van der Waals surface area (Å²) in [6.07, 6.45) is 5.48. The molecule has 0 radical (unpaired) electrons. The Hall–Kier alpha value is -2.54. The largest absolute Gasteiger partial charge is 0.491 e. The predicted octanol–water partition coefficient (Wildman–Crippen LogP) is 7.90. The lowest BCUT2D eigenvalue weighted by Gasteiger charge is -2.28. The van der Waals surface area contributed by atoms with Crippen molar-refractivity contribution in [1.82, 2.24) is 0 Å². The number of carbonyl (C=O) groups excluding carboxylic acids is 1. The SMILES string of the molecule is CCCC1CCC(OC(=O)c2ccc(-c3cc4ccc(OCC)c(F)c4s3)c(F)c2F)CC1. The van der Waals surface area contributed by atoms with E-state index in [4.69, 9.17) is 9.47 Å². The molecule has 4 rings (SSSR count). The molecule has 2 aromatic carbocycles. The summed E-state index contributed by atoms with van der Waals surface area (Å²) in [7, 11) is 0. The van der Waals surface area contributed by atoms with Crippen LogP contribution in [0.5, 0.6) is 5.75 Å². The number of halogens is 3. The highest BCUT2D eigenvalue weighted by molar-refractivity contribution is 7.22. The minimum Gasteiger partial charge on any atom is -0.491 e. The van der Waals surface area contributed by atoms with Crippen molar-refractivity contribution in [2.75, 3.05) is 6.61 Å². The highest BCUT2D eigenvalue weighted by Gasteiger charge is 2.27. The average Bonchev–Trinajstić information content (AvgIpc) is 3.24. The zero-order valence-electron chi connectivity index (χ0n) is 18.8. The highest BCUT2D eigenvalue weighted by atomic mass is 32.1. The number of benzene rings is 2. The van der Waals surface area contributed by atoms with Crippen LogP contribution in [0.4, 0.5) is 13.2 Å². The van der Waals surface area contributed by atoms with Crippen LogP contribution in [0.1, 0.15) is 62.7 Å². The van der Waals surface area contributed by atoms with E-state index in [0.717, 1.165) is 49.9 Å². The Morgan fingerprint density at radius 1 is 1.00 bits per heavy atom. The van der Waals surface area contributed by atoms with Crippen molar-refractivity contribution in [3.63, 3.8) is 0 Å². The molecule has 1 aromatic heterocycles. The van der Waals surface area contributed by atoms with Gasteiger partial charge in [-0.2, -0.15) is 0 Å². The maximum atomic E-state index is 15.0. The molecule has 0 amide bonds. The molecule has 0 saturated heterocycles. The number of fused-ring (bicyclic) bond motifs is 1. The molecule has 1 aliphatic rings. The molecule has 1 aliphatic carbocycles. The number of hydrogen-bond acceptors (Lipinski definition) is 4. The van der Waals surface area contributed by atoms with Gasteiger partial charge in [0.1, 0.15) is 6.10 Å². The molecule has 0 atom stereocenters. The van der Waals surface area contributed by atoms with Gasteiger partial charge in [-0.25, -0.2) is 18.0 Å². The van der Waals surface area contributed by atoms with Crippen molar-refractivity contribution in [1.29, 1.82) is 0 Å². The molecule has 1 saturated carbocycles. The molecule has 0 N–H and O–H groups in total. The van der Waals surface area contributed by atoms with Gasteiger partial charge < -0.3 is 9.47 Å². The van der Waals surface area contributed by atoms with E-state index >= 15 is 0 Å². The number of rotatable bonds is 7. The second kappa shape index (κ2) is 10.2. The summed E-state index contributed by atoms with van der Waals surface area (Å²) in [5, 5.41) is 0.568. The van der Waals surface area contributed by atoms with Crippen LogP contribution in [-0.4, -0.2) is 18.7 Å². The summed E-state index contributed by atoms with van der Waals surface area (Å²) in [6, 6.07) is 7.38. The van der Waals surface area contributed by atoms with Gasteiger partial charge in [0.2, 0.25) is 0 Å². The van der Waals surface area contributed by atoms with E-state index in [1.165, 1.54) is 18.2 Å². The van der Waals surface area contributed by atoms with Crippen LogP contribution in [0, 0.1) is 23.4 Å². The Labute approximate surface area is 195 Å². The van der Waals surface area contributed by atoms with E-state index in [2.05, 4.69) is 6.92 Å². The Bertz CT molecular complexity index is 1150. The van der Waals surface area contributed by atoms with Gasteiger partial charge in [0.05, 0.1) is 16.9 Å². The van der Waals surface area contributed by atoms with Gasteiger partial charge in [-0.1, -0.05) is 19.8 Å². The normalized spacial score (nSPS) is 18.5. The van der Waals surface area contributed by atoms with Crippen molar-refractivity contribution < 1.29 is 27.4 Å². The number of hydrogen-bond donors (Lipinski definition) is 0. The maximum Gasteiger partial charge on any atom is 0.341 e. The smallest absolute Gasteiger partial charge is 0.341 e. The maximum absolute atomic E-state index is 15.0. The number of thiophene rings is 1. The van der Waals surface area contributed by atoms with Crippen LogP contribution in [-0.2, 0) is 4.74 Å². The third-order valence-corrected chi connectivity index (χ3v) is 7.40. The third-order valence-electron chi connectivity index (χ3n) is 6.22. The first-order valence-electron chi connectivity index (χ1n) is 11.5. The average molecular weight is 477 g/mol. The molecule has 7 heteroatoms. The summed E-state index contributed by atoms with van der Waals surface area (Å²) < 4.78 is 55.5. The van der Waals surface area contributed by atoms with Crippen molar-refractivity contribution in [3.05, 3.63) is 53.3 Å². The van der Waals surface area contributed by atoms with Crippen molar-refractivity contribution >= 4 is 27.4 Å². The van der Waals surface area contributed by atoms with E-state index < -0.39 is 29.0 Å². The number of esters is 1. The van der Waals surface area contributed by atoms with Crippen LogP contribution < -0.4 is 4.74 Å². The molecule has 1 heterocycles. The second-order valence-electron chi connectivity index (χ2n) is 8.47. The summed E-state index contributed by atoms with van der Waals surface area (Å²) in [5.74, 6) is -3.00. The van der Waals surface area contributed by atoms with Gasteiger partial charge in [0.15, 0.2) is 23.2 Å². The number of ether oxygens (including phenoxy) is 2. The fraction of sp³-hybridized carbons (Fsp3) is 0.423. The zero-order chi connectivity index (χ0) is 23.5. The lowest BCUT2D eigenvalue weighted by molar-refractivity contribution is 0.0156. The Kier molecular flexibility index (Phi) is 7.27. The topological polar surface area (TPSA) is 35.5 Å². The van der Waals surface area contributed by atoms with E-state index in [1.54, 1.807) is 19.1 Å². The van der Waals surface area contributed by atoms with Crippen LogP contribution >= 0.6 is 11.3 Å². The van der Waals surface area contributed by atoms with Crippen LogP contribution in [0.3, 0.4) is 0 Å². The van der Waals surface area contributed by atoms with E-state index in [1.807, 2.05) is 0 Å². The molecule has 0 bridgehead atoms. The molecule has 0 spiro atoms. The minimum atomic E-state index is -1.25. The molecular formula is C26H27F3O3S. The Morgan fingerprint density at radius 2 is 1.76 bits per heavy atom. The summed E-state index contributed by atoms with van der Waals surface area (Å²) in [5.41, 5.74) is -0.444. The van der Waals surface area contributed by atoms with Gasteiger partial charge in [-0.05, 0) is 74.2 Å². The van der Waals surface area contributed by atoms with E-state index in [-0.39, 0.29) is 17.4 Å². The monoisotopic (exact) mass is 476 g/mol. The Morgan fingerprint density at radius 3 is 2.45 bits per heavy atom. The third kappa shape index (κ3) is 4.88. The second-order valence-corrected chi connectivity index (χ2v) is 9.52. The first-order valence-corrected chi connectivity index (χ1v) is 12.3. The molecule has 176 valence electrons. The highest BCUT2D eigenvalue weighted by Crippen LogP contribution is 2.39. The fourth-order valence-corrected chi connectivity index (χ4v) is 5.62. The van der Waals surface area contributed by atoms with E-state index in [9.17, 15) is 18.0 Å². The van der Waals surface area contributed by atoms with Gasteiger partial charge in [-0.3, -0.25) is 0 Å².